The number of rotatable bonds is 8. The number of benzene rings is 3. The molecule has 176 valence electrons. The number of ether oxygens (including phenoxy) is 3. The monoisotopic (exact) mass is 500 g/mol. The number of amides is 1. The number of aryl methyl sites for hydroxylation is 2. The molecular formula is C25H22Cl2N2O5. The standard InChI is InChI=1S/C25H22Cl2N2O5/c1-15-4-7-19(10-16(15)2)33-14-24(30)29-28-13-17-5-9-22(23(11-17)32-3)34-25(31)20-8-6-18(26)12-21(20)27/h4-13H,14H2,1-3H3,(H,29,30). The van der Waals surface area contributed by atoms with Crippen LogP contribution in [0.1, 0.15) is 27.0 Å². The van der Waals surface area contributed by atoms with E-state index in [9.17, 15) is 9.59 Å². The van der Waals surface area contributed by atoms with Crippen LogP contribution in [-0.2, 0) is 4.79 Å². The second-order valence-electron chi connectivity index (χ2n) is 7.25. The van der Waals surface area contributed by atoms with Crippen molar-refractivity contribution in [1.82, 2.24) is 5.43 Å². The van der Waals surface area contributed by atoms with E-state index in [-0.39, 0.29) is 22.9 Å². The molecule has 0 fully saturated rings. The van der Waals surface area contributed by atoms with Crippen LogP contribution in [0.4, 0.5) is 0 Å². The van der Waals surface area contributed by atoms with Crippen LogP contribution in [0, 0.1) is 13.8 Å². The summed E-state index contributed by atoms with van der Waals surface area (Å²) in [5.41, 5.74) is 5.40. The fourth-order valence-electron chi connectivity index (χ4n) is 2.82. The summed E-state index contributed by atoms with van der Waals surface area (Å²) in [4.78, 5) is 24.4. The molecule has 0 saturated carbocycles. The molecule has 0 aliphatic rings. The van der Waals surface area contributed by atoms with E-state index in [1.165, 1.54) is 25.5 Å². The van der Waals surface area contributed by atoms with Gasteiger partial charge in [0.05, 0.1) is 23.9 Å². The summed E-state index contributed by atoms with van der Waals surface area (Å²) < 4.78 is 16.2. The van der Waals surface area contributed by atoms with Crippen LogP contribution < -0.4 is 19.6 Å². The summed E-state index contributed by atoms with van der Waals surface area (Å²) >= 11 is 11.9. The highest BCUT2D eigenvalue weighted by atomic mass is 35.5. The first-order valence-corrected chi connectivity index (χ1v) is 10.9. The Morgan fingerprint density at radius 1 is 0.971 bits per heavy atom. The van der Waals surface area contributed by atoms with E-state index in [0.29, 0.717) is 22.1 Å². The molecule has 0 saturated heterocycles. The number of halogens is 2. The third kappa shape index (κ3) is 6.73. The molecule has 0 aromatic heterocycles. The largest absolute Gasteiger partial charge is 0.493 e. The minimum Gasteiger partial charge on any atom is -0.493 e. The van der Waals surface area contributed by atoms with Crippen LogP contribution in [-0.4, -0.2) is 31.8 Å². The molecule has 0 unspecified atom stereocenters. The number of hydrazone groups is 1. The Morgan fingerprint density at radius 2 is 1.76 bits per heavy atom. The van der Waals surface area contributed by atoms with E-state index in [4.69, 9.17) is 37.4 Å². The number of carbonyl (C=O) groups is 2. The summed E-state index contributed by atoms with van der Waals surface area (Å²) in [6, 6.07) is 14.9. The molecule has 1 N–H and O–H groups in total. The van der Waals surface area contributed by atoms with Gasteiger partial charge in [0.25, 0.3) is 5.91 Å². The molecule has 0 atom stereocenters. The van der Waals surface area contributed by atoms with E-state index in [1.54, 1.807) is 30.3 Å². The van der Waals surface area contributed by atoms with Gasteiger partial charge in [-0.25, -0.2) is 10.2 Å². The Labute approximate surface area is 207 Å². The number of hydrogen-bond donors (Lipinski definition) is 1. The first kappa shape index (κ1) is 25.1. The first-order chi connectivity index (χ1) is 16.3. The highest BCUT2D eigenvalue weighted by molar-refractivity contribution is 6.36. The maximum absolute atomic E-state index is 12.5. The van der Waals surface area contributed by atoms with E-state index in [2.05, 4.69) is 10.5 Å². The van der Waals surface area contributed by atoms with Crippen molar-refractivity contribution in [2.24, 2.45) is 5.10 Å². The predicted molar refractivity (Wildman–Crippen MR) is 132 cm³/mol. The molecule has 0 aliphatic heterocycles. The SMILES string of the molecule is COc1cc(C=NNC(=O)COc2ccc(C)c(C)c2)ccc1OC(=O)c1ccc(Cl)cc1Cl. The first-order valence-electron chi connectivity index (χ1n) is 10.1. The van der Waals surface area contributed by atoms with E-state index < -0.39 is 11.9 Å². The van der Waals surface area contributed by atoms with Crippen LogP contribution in [0.3, 0.4) is 0 Å². The van der Waals surface area contributed by atoms with Crippen molar-refractivity contribution < 1.29 is 23.8 Å². The Balaban J connectivity index is 1.58. The highest BCUT2D eigenvalue weighted by Crippen LogP contribution is 2.30. The third-order valence-corrected chi connectivity index (χ3v) is 5.34. The fourth-order valence-corrected chi connectivity index (χ4v) is 3.31. The maximum Gasteiger partial charge on any atom is 0.345 e. The Kier molecular flexibility index (Phi) is 8.51. The lowest BCUT2D eigenvalue weighted by atomic mass is 10.1. The number of methoxy groups -OCH3 is 1. The van der Waals surface area contributed by atoms with Gasteiger partial charge in [-0.1, -0.05) is 29.3 Å². The number of carbonyl (C=O) groups excluding carboxylic acids is 2. The topological polar surface area (TPSA) is 86.2 Å². The van der Waals surface area contributed by atoms with E-state index >= 15 is 0 Å². The average Bonchev–Trinajstić information content (AvgIpc) is 2.80. The molecule has 0 aliphatic carbocycles. The van der Waals surface area contributed by atoms with Crippen molar-refractivity contribution in [2.75, 3.05) is 13.7 Å². The number of esters is 1. The molecular weight excluding hydrogens is 479 g/mol. The number of nitrogens with zero attached hydrogens (tertiary/aromatic N) is 1. The summed E-state index contributed by atoms with van der Waals surface area (Å²) in [6.45, 7) is 3.80. The zero-order valence-corrected chi connectivity index (χ0v) is 20.2. The zero-order chi connectivity index (χ0) is 24.7. The van der Waals surface area contributed by atoms with Crippen molar-refractivity contribution in [3.8, 4) is 17.2 Å². The smallest absolute Gasteiger partial charge is 0.345 e. The summed E-state index contributed by atoms with van der Waals surface area (Å²) in [5, 5.41) is 4.51. The van der Waals surface area contributed by atoms with Gasteiger partial charge in [-0.3, -0.25) is 4.79 Å². The van der Waals surface area contributed by atoms with Gasteiger partial charge < -0.3 is 14.2 Å². The second-order valence-corrected chi connectivity index (χ2v) is 8.10. The molecule has 0 radical (unpaired) electrons. The summed E-state index contributed by atoms with van der Waals surface area (Å²) in [5.74, 6) is 0.0366. The predicted octanol–water partition coefficient (Wildman–Crippen LogP) is 5.37. The average molecular weight is 501 g/mol. The molecule has 3 rings (SSSR count). The van der Waals surface area contributed by atoms with Crippen molar-refractivity contribution in [2.45, 2.75) is 13.8 Å². The van der Waals surface area contributed by atoms with Gasteiger partial charge in [-0.15, -0.1) is 0 Å². The van der Waals surface area contributed by atoms with Gasteiger partial charge in [0.2, 0.25) is 0 Å². The summed E-state index contributed by atoms with van der Waals surface area (Å²) in [6.07, 6.45) is 1.43. The minimum absolute atomic E-state index is 0.171. The minimum atomic E-state index is -0.655. The molecule has 1 amide bonds. The molecule has 3 aromatic carbocycles. The number of hydrogen-bond acceptors (Lipinski definition) is 6. The van der Waals surface area contributed by atoms with Crippen molar-refractivity contribution in [1.29, 1.82) is 0 Å². The lowest BCUT2D eigenvalue weighted by molar-refractivity contribution is -0.123. The van der Waals surface area contributed by atoms with Crippen molar-refractivity contribution in [3.63, 3.8) is 0 Å². The van der Waals surface area contributed by atoms with Crippen LogP contribution in [0.2, 0.25) is 10.0 Å². The lowest BCUT2D eigenvalue weighted by Crippen LogP contribution is -2.24. The Bertz CT molecular complexity index is 1240. The summed E-state index contributed by atoms with van der Waals surface area (Å²) in [7, 11) is 1.44. The molecule has 0 heterocycles. The Hall–Kier alpha value is -3.55. The molecule has 34 heavy (non-hydrogen) atoms. The van der Waals surface area contributed by atoms with Crippen LogP contribution in [0.5, 0.6) is 17.2 Å². The molecule has 0 spiro atoms. The molecule has 9 heteroatoms. The normalized spacial score (nSPS) is 10.7. The molecule has 3 aromatic rings. The van der Waals surface area contributed by atoms with Crippen molar-refractivity contribution >= 4 is 41.3 Å². The van der Waals surface area contributed by atoms with E-state index in [0.717, 1.165) is 11.1 Å². The zero-order valence-electron chi connectivity index (χ0n) is 18.7. The van der Waals surface area contributed by atoms with Gasteiger partial charge in [0, 0.05) is 5.02 Å². The van der Waals surface area contributed by atoms with Gasteiger partial charge in [-0.2, -0.15) is 5.10 Å². The van der Waals surface area contributed by atoms with Crippen LogP contribution in [0.25, 0.3) is 0 Å². The second kappa shape index (κ2) is 11.5. The highest BCUT2D eigenvalue weighted by Gasteiger charge is 2.16. The lowest BCUT2D eigenvalue weighted by Gasteiger charge is -2.11. The van der Waals surface area contributed by atoms with Crippen LogP contribution in [0.15, 0.2) is 59.7 Å². The van der Waals surface area contributed by atoms with E-state index in [1.807, 2.05) is 26.0 Å². The van der Waals surface area contributed by atoms with Gasteiger partial charge >= 0.3 is 5.97 Å². The molecule has 0 bridgehead atoms. The number of nitrogens with one attached hydrogen (secondary N) is 1. The van der Waals surface area contributed by atoms with Gasteiger partial charge in [-0.05, 0) is 79.1 Å². The van der Waals surface area contributed by atoms with Gasteiger partial charge in [0.1, 0.15) is 5.75 Å². The Morgan fingerprint density at radius 3 is 2.47 bits per heavy atom. The van der Waals surface area contributed by atoms with Gasteiger partial charge in [0.15, 0.2) is 18.1 Å². The fraction of sp³-hybridized carbons (Fsp3) is 0.160. The quantitative estimate of drug-likeness (QED) is 0.194. The molecule has 7 nitrogen and oxygen atoms in total. The van der Waals surface area contributed by atoms with Crippen LogP contribution >= 0.6 is 23.2 Å². The van der Waals surface area contributed by atoms with Crippen molar-refractivity contribution in [3.05, 3.63) is 86.9 Å². The maximum atomic E-state index is 12.5. The third-order valence-electron chi connectivity index (χ3n) is 4.79.